The van der Waals surface area contributed by atoms with Crippen LogP contribution in [0.25, 0.3) is 0 Å². The predicted octanol–water partition coefficient (Wildman–Crippen LogP) is 2.41. The number of carbonyl (C=O) groups is 1. The van der Waals surface area contributed by atoms with E-state index in [0.29, 0.717) is 5.91 Å². The molecule has 1 unspecified atom stereocenters. The van der Waals surface area contributed by atoms with Gasteiger partial charge in [-0.05, 0) is 37.6 Å². The largest absolute Gasteiger partial charge is 0.341 e. The maximum absolute atomic E-state index is 12.3. The van der Waals surface area contributed by atoms with E-state index in [1.165, 1.54) is 0 Å². The summed E-state index contributed by atoms with van der Waals surface area (Å²) in [5.41, 5.74) is 0.238. The number of carbonyl (C=O) groups excluding carboxylic acids is 1. The van der Waals surface area contributed by atoms with Gasteiger partial charge in [0, 0.05) is 13.1 Å². The monoisotopic (exact) mass is 240 g/mol. The molecule has 0 aromatic heterocycles. The van der Waals surface area contributed by atoms with Crippen molar-refractivity contribution in [2.75, 3.05) is 19.6 Å². The molecule has 3 nitrogen and oxygen atoms in total. The molecule has 1 aliphatic rings. The van der Waals surface area contributed by atoms with Gasteiger partial charge in [-0.1, -0.05) is 27.7 Å². The lowest BCUT2D eigenvalue weighted by Crippen LogP contribution is -2.52. The van der Waals surface area contributed by atoms with Crippen molar-refractivity contribution >= 4 is 5.91 Å². The Balaban J connectivity index is 2.53. The van der Waals surface area contributed by atoms with E-state index in [2.05, 4.69) is 37.9 Å². The van der Waals surface area contributed by atoms with Gasteiger partial charge in [0.1, 0.15) is 0 Å². The summed E-state index contributed by atoms with van der Waals surface area (Å²) in [5.74, 6) is 0.311. The van der Waals surface area contributed by atoms with E-state index in [0.717, 1.165) is 45.3 Å². The normalized spacial score (nSPS) is 22.0. The molecule has 1 atom stereocenters. The van der Waals surface area contributed by atoms with Crippen LogP contribution in [0.4, 0.5) is 0 Å². The van der Waals surface area contributed by atoms with Gasteiger partial charge in [-0.3, -0.25) is 4.79 Å². The number of rotatable bonds is 6. The van der Waals surface area contributed by atoms with E-state index in [-0.39, 0.29) is 11.5 Å². The highest BCUT2D eigenvalue weighted by molar-refractivity contribution is 5.82. The quantitative estimate of drug-likeness (QED) is 0.773. The van der Waals surface area contributed by atoms with Gasteiger partial charge in [0.05, 0.1) is 6.04 Å². The summed E-state index contributed by atoms with van der Waals surface area (Å²) >= 11 is 0. The zero-order chi connectivity index (χ0) is 12.9. The van der Waals surface area contributed by atoms with Crippen molar-refractivity contribution in [2.24, 2.45) is 5.41 Å². The number of piperidine rings is 1. The molecule has 17 heavy (non-hydrogen) atoms. The Kier molecular flexibility index (Phi) is 5.44. The lowest BCUT2D eigenvalue weighted by atomic mass is 9.88. The van der Waals surface area contributed by atoms with Crippen molar-refractivity contribution < 1.29 is 4.79 Å². The third-order valence-corrected chi connectivity index (χ3v) is 3.75. The molecule has 0 aromatic carbocycles. The van der Waals surface area contributed by atoms with Crippen molar-refractivity contribution in [3.63, 3.8) is 0 Å². The molecule has 0 aromatic rings. The summed E-state index contributed by atoms with van der Waals surface area (Å²) in [6, 6.07) is 0.0661. The Morgan fingerprint density at radius 3 is 2.71 bits per heavy atom. The maximum atomic E-state index is 12.3. The van der Waals surface area contributed by atoms with E-state index in [1.807, 2.05) is 0 Å². The summed E-state index contributed by atoms with van der Waals surface area (Å²) in [5, 5.41) is 3.36. The minimum absolute atomic E-state index is 0.0661. The van der Waals surface area contributed by atoms with Crippen LogP contribution in [0.1, 0.15) is 53.4 Å². The molecule has 1 N–H and O–H groups in total. The van der Waals surface area contributed by atoms with Gasteiger partial charge in [-0.25, -0.2) is 0 Å². The SMILES string of the molecule is CCCNC1CCCN(CC(C)(C)CC)C1=O. The number of likely N-dealkylation sites (tertiary alicyclic amines) is 1. The molecule has 100 valence electrons. The fourth-order valence-corrected chi connectivity index (χ4v) is 2.23. The van der Waals surface area contributed by atoms with Gasteiger partial charge in [0.15, 0.2) is 0 Å². The minimum Gasteiger partial charge on any atom is -0.341 e. The second kappa shape index (κ2) is 6.39. The van der Waals surface area contributed by atoms with Gasteiger partial charge in [0.2, 0.25) is 5.91 Å². The Bertz CT molecular complexity index is 251. The van der Waals surface area contributed by atoms with E-state index in [1.54, 1.807) is 0 Å². The second-order valence-electron chi connectivity index (χ2n) is 5.93. The van der Waals surface area contributed by atoms with Crippen LogP contribution in [0.5, 0.6) is 0 Å². The molecule has 3 heteroatoms. The average molecular weight is 240 g/mol. The van der Waals surface area contributed by atoms with Gasteiger partial charge >= 0.3 is 0 Å². The Hall–Kier alpha value is -0.570. The smallest absolute Gasteiger partial charge is 0.239 e. The van der Waals surface area contributed by atoms with Crippen molar-refractivity contribution in [1.29, 1.82) is 0 Å². The van der Waals surface area contributed by atoms with Crippen LogP contribution >= 0.6 is 0 Å². The number of nitrogens with one attached hydrogen (secondary N) is 1. The Labute approximate surface area is 106 Å². The molecule has 0 radical (unpaired) electrons. The van der Waals surface area contributed by atoms with Crippen molar-refractivity contribution in [1.82, 2.24) is 10.2 Å². The molecular weight excluding hydrogens is 212 g/mol. The average Bonchev–Trinajstić information content (AvgIpc) is 2.30. The van der Waals surface area contributed by atoms with E-state index < -0.39 is 0 Å². The first-order chi connectivity index (χ1) is 8.00. The summed E-state index contributed by atoms with van der Waals surface area (Å²) < 4.78 is 0. The van der Waals surface area contributed by atoms with Crippen LogP contribution in [0.2, 0.25) is 0 Å². The first-order valence-corrected chi connectivity index (χ1v) is 7.02. The minimum atomic E-state index is 0.0661. The standard InChI is InChI=1S/C14H28N2O/c1-5-9-15-12-8-7-10-16(13(12)17)11-14(3,4)6-2/h12,15H,5-11H2,1-4H3. The lowest BCUT2D eigenvalue weighted by Gasteiger charge is -2.37. The van der Waals surface area contributed by atoms with Crippen molar-refractivity contribution in [3.05, 3.63) is 0 Å². The van der Waals surface area contributed by atoms with Gasteiger partial charge in [-0.15, -0.1) is 0 Å². The number of hydrogen-bond donors (Lipinski definition) is 1. The van der Waals surface area contributed by atoms with Crippen LogP contribution in [-0.4, -0.2) is 36.5 Å². The van der Waals surface area contributed by atoms with Crippen LogP contribution in [0.3, 0.4) is 0 Å². The van der Waals surface area contributed by atoms with Gasteiger partial charge < -0.3 is 10.2 Å². The first kappa shape index (κ1) is 14.5. The molecule has 1 aliphatic heterocycles. The highest BCUT2D eigenvalue weighted by Gasteiger charge is 2.31. The molecule has 1 rings (SSSR count). The van der Waals surface area contributed by atoms with Gasteiger partial charge in [-0.2, -0.15) is 0 Å². The second-order valence-corrected chi connectivity index (χ2v) is 5.93. The van der Waals surface area contributed by atoms with E-state index in [4.69, 9.17) is 0 Å². The molecule has 1 amide bonds. The highest BCUT2D eigenvalue weighted by Crippen LogP contribution is 2.23. The fraction of sp³-hybridized carbons (Fsp3) is 0.929. The van der Waals surface area contributed by atoms with Crippen LogP contribution < -0.4 is 5.32 Å². The summed E-state index contributed by atoms with van der Waals surface area (Å²) in [4.78, 5) is 14.3. The summed E-state index contributed by atoms with van der Waals surface area (Å²) in [6.07, 6.45) is 4.34. The molecule has 0 aliphatic carbocycles. The molecule has 1 heterocycles. The molecule has 1 fully saturated rings. The summed E-state index contributed by atoms with van der Waals surface area (Å²) in [7, 11) is 0. The van der Waals surface area contributed by atoms with E-state index >= 15 is 0 Å². The number of hydrogen-bond acceptors (Lipinski definition) is 2. The maximum Gasteiger partial charge on any atom is 0.239 e. The number of amides is 1. The van der Waals surface area contributed by atoms with Crippen molar-refractivity contribution in [3.8, 4) is 0 Å². The van der Waals surface area contributed by atoms with Crippen molar-refractivity contribution in [2.45, 2.75) is 59.4 Å². The molecule has 1 saturated heterocycles. The third kappa shape index (κ3) is 4.30. The van der Waals surface area contributed by atoms with Crippen LogP contribution in [-0.2, 0) is 4.79 Å². The highest BCUT2D eigenvalue weighted by atomic mass is 16.2. The zero-order valence-corrected chi connectivity index (χ0v) is 11.9. The summed E-state index contributed by atoms with van der Waals surface area (Å²) in [6.45, 7) is 11.6. The van der Waals surface area contributed by atoms with Crippen LogP contribution in [0.15, 0.2) is 0 Å². The fourth-order valence-electron chi connectivity index (χ4n) is 2.23. The third-order valence-electron chi connectivity index (χ3n) is 3.75. The Morgan fingerprint density at radius 2 is 2.12 bits per heavy atom. The molecular formula is C14H28N2O. The molecule has 0 saturated carbocycles. The van der Waals surface area contributed by atoms with E-state index in [9.17, 15) is 4.79 Å². The Morgan fingerprint density at radius 1 is 1.41 bits per heavy atom. The van der Waals surface area contributed by atoms with Crippen LogP contribution in [0, 0.1) is 5.41 Å². The topological polar surface area (TPSA) is 32.3 Å². The zero-order valence-electron chi connectivity index (χ0n) is 11.9. The molecule has 0 bridgehead atoms. The molecule has 0 spiro atoms. The lowest BCUT2D eigenvalue weighted by molar-refractivity contribution is -0.137. The van der Waals surface area contributed by atoms with Gasteiger partial charge in [0.25, 0.3) is 0 Å². The first-order valence-electron chi connectivity index (χ1n) is 7.02. The number of nitrogens with zero attached hydrogens (tertiary/aromatic N) is 1. The predicted molar refractivity (Wildman–Crippen MR) is 72.0 cm³/mol.